The van der Waals surface area contributed by atoms with Crippen molar-refractivity contribution in [3.8, 4) is 17.0 Å². The van der Waals surface area contributed by atoms with Crippen molar-refractivity contribution in [2.45, 2.75) is 6.92 Å². The van der Waals surface area contributed by atoms with Crippen LogP contribution in [0.5, 0.6) is 5.75 Å². The number of hydrogen-bond donors (Lipinski definition) is 1. The second-order valence-electron chi connectivity index (χ2n) is 6.31. The lowest BCUT2D eigenvalue weighted by Gasteiger charge is -2.10. The highest BCUT2D eigenvalue weighted by Gasteiger charge is 2.19. The van der Waals surface area contributed by atoms with Crippen molar-refractivity contribution < 1.29 is 18.9 Å². The van der Waals surface area contributed by atoms with Crippen molar-refractivity contribution in [1.29, 1.82) is 0 Å². The monoisotopic (exact) mass is 392 g/mol. The van der Waals surface area contributed by atoms with Crippen LogP contribution >= 0.6 is 0 Å². The average molecular weight is 392 g/mol. The van der Waals surface area contributed by atoms with Crippen LogP contribution in [0.25, 0.3) is 16.9 Å². The summed E-state index contributed by atoms with van der Waals surface area (Å²) < 4.78 is 12.2. The van der Waals surface area contributed by atoms with Crippen molar-refractivity contribution in [3.05, 3.63) is 76.3 Å². The summed E-state index contributed by atoms with van der Waals surface area (Å²) in [6.45, 7) is 1.98. The zero-order chi connectivity index (χ0) is 20.5. The molecule has 0 aliphatic heterocycles. The van der Waals surface area contributed by atoms with Crippen LogP contribution in [0, 0.1) is 17.0 Å². The minimum atomic E-state index is -0.705. The molecule has 4 rings (SSSR count). The van der Waals surface area contributed by atoms with E-state index < -0.39 is 16.7 Å². The summed E-state index contributed by atoms with van der Waals surface area (Å²) in [7, 11) is 1.48. The Morgan fingerprint density at radius 1 is 1.28 bits per heavy atom. The highest BCUT2D eigenvalue weighted by Crippen LogP contribution is 2.31. The molecule has 0 spiro atoms. The lowest BCUT2D eigenvalue weighted by Crippen LogP contribution is -2.11. The summed E-state index contributed by atoms with van der Waals surface area (Å²) in [4.78, 5) is 27.1. The first-order chi connectivity index (χ1) is 14.0. The Morgan fingerprint density at radius 2 is 2.10 bits per heavy atom. The fourth-order valence-corrected chi connectivity index (χ4v) is 2.99. The van der Waals surface area contributed by atoms with E-state index in [4.69, 9.17) is 9.15 Å². The van der Waals surface area contributed by atoms with Gasteiger partial charge in [0.2, 0.25) is 0 Å². The Morgan fingerprint density at radius 3 is 2.79 bits per heavy atom. The number of anilines is 1. The van der Waals surface area contributed by atoms with Gasteiger partial charge < -0.3 is 18.9 Å². The number of rotatable bonds is 5. The third kappa shape index (κ3) is 3.41. The lowest BCUT2D eigenvalue weighted by molar-refractivity contribution is -0.402. The third-order valence-corrected chi connectivity index (χ3v) is 4.42. The maximum absolute atomic E-state index is 12.4. The molecule has 0 atom stereocenters. The van der Waals surface area contributed by atoms with E-state index in [1.54, 1.807) is 12.1 Å². The number of furan rings is 1. The molecule has 9 nitrogen and oxygen atoms in total. The molecule has 0 unspecified atom stereocenters. The number of benzene rings is 1. The van der Waals surface area contributed by atoms with Crippen LogP contribution in [0.3, 0.4) is 0 Å². The van der Waals surface area contributed by atoms with E-state index in [1.165, 1.54) is 13.2 Å². The van der Waals surface area contributed by atoms with Gasteiger partial charge in [0, 0.05) is 18.0 Å². The number of nitro groups is 1. The van der Waals surface area contributed by atoms with Crippen molar-refractivity contribution in [3.63, 3.8) is 0 Å². The molecule has 0 saturated carbocycles. The molecule has 1 N–H and O–H groups in total. The zero-order valence-corrected chi connectivity index (χ0v) is 15.6. The van der Waals surface area contributed by atoms with Crippen LogP contribution in [0.2, 0.25) is 0 Å². The second-order valence-corrected chi connectivity index (χ2v) is 6.31. The molecule has 0 aliphatic rings. The van der Waals surface area contributed by atoms with Crippen molar-refractivity contribution >= 4 is 23.1 Å². The Labute approximate surface area is 164 Å². The highest BCUT2D eigenvalue weighted by atomic mass is 16.6. The molecule has 0 bridgehead atoms. The number of imidazole rings is 1. The number of pyridine rings is 1. The fraction of sp³-hybridized carbons (Fsp3) is 0.100. The molecule has 4 aromatic rings. The van der Waals surface area contributed by atoms with Crippen molar-refractivity contribution in [2.24, 2.45) is 0 Å². The number of methoxy groups -OCH3 is 1. The third-order valence-electron chi connectivity index (χ3n) is 4.42. The summed E-state index contributed by atoms with van der Waals surface area (Å²) in [5.74, 6) is -0.869. The van der Waals surface area contributed by atoms with Crippen LogP contribution in [-0.4, -0.2) is 27.3 Å². The number of amides is 1. The van der Waals surface area contributed by atoms with Gasteiger partial charge in [0.1, 0.15) is 16.3 Å². The Bertz CT molecular complexity index is 1240. The first-order valence-electron chi connectivity index (χ1n) is 8.64. The molecule has 3 heterocycles. The van der Waals surface area contributed by atoms with E-state index in [1.807, 2.05) is 41.9 Å². The van der Waals surface area contributed by atoms with Crippen LogP contribution in [-0.2, 0) is 0 Å². The molecule has 0 fully saturated rings. The number of ether oxygens (including phenoxy) is 1. The number of fused-ring (bicyclic) bond motifs is 1. The van der Waals surface area contributed by atoms with Crippen LogP contribution in [0.4, 0.5) is 11.6 Å². The van der Waals surface area contributed by atoms with E-state index in [9.17, 15) is 14.9 Å². The summed E-state index contributed by atoms with van der Waals surface area (Å²) in [5.41, 5.74) is 3.77. The summed E-state index contributed by atoms with van der Waals surface area (Å²) in [5, 5.41) is 13.4. The molecule has 1 amide bonds. The molecule has 0 radical (unpaired) electrons. The molecule has 9 heteroatoms. The Balaban J connectivity index is 1.68. The fourth-order valence-electron chi connectivity index (χ4n) is 2.99. The van der Waals surface area contributed by atoms with E-state index in [2.05, 4.69) is 10.3 Å². The molecule has 146 valence electrons. The highest BCUT2D eigenvalue weighted by molar-refractivity contribution is 6.03. The van der Waals surface area contributed by atoms with Gasteiger partial charge >= 0.3 is 5.88 Å². The van der Waals surface area contributed by atoms with Gasteiger partial charge in [-0.05, 0) is 42.8 Å². The van der Waals surface area contributed by atoms with Gasteiger partial charge in [0.15, 0.2) is 5.76 Å². The maximum Gasteiger partial charge on any atom is 0.433 e. The normalized spacial score (nSPS) is 10.8. The number of nitrogens with one attached hydrogen (secondary N) is 1. The topological polar surface area (TPSA) is 112 Å². The van der Waals surface area contributed by atoms with Gasteiger partial charge in [-0.1, -0.05) is 6.07 Å². The van der Waals surface area contributed by atoms with Gasteiger partial charge in [-0.3, -0.25) is 14.9 Å². The standard InChI is InChI=1S/C20H16N4O5/c1-12-4-3-9-23-11-15(21-19(12)23)13-5-6-16(28-2)14(10-13)22-20(25)17-7-8-18(29-17)24(26)27/h3-11H,1-2H3,(H,22,25). The van der Waals surface area contributed by atoms with Crippen LogP contribution in [0.15, 0.2) is 59.3 Å². The zero-order valence-electron chi connectivity index (χ0n) is 15.6. The van der Waals surface area contributed by atoms with E-state index in [0.717, 1.165) is 28.5 Å². The Kier molecular flexibility index (Phi) is 4.47. The van der Waals surface area contributed by atoms with Gasteiger partial charge in [0.25, 0.3) is 5.91 Å². The first kappa shape index (κ1) is 18.2. The summed E-state index contributed by atoms with van der Waals surface area (Å²) >= 11 is 0. The first-order valence-corrected chi connectivity index (χ1v) is 8.64. The molecule has 3 aromatic heterocycles. The van der Waals surface area contributed by atoms with E-state index in [0.29, 0.717) is 11.4 Å². The van der Waals surface area contributed by atoms with Crippen LogP contribution < -0.4 is 10.1 Å². The number of nitrogens with zero attached hydrogens (tertiary/aromatic N) is 3. The van der Waals surface area contributed by atoms with Gasteiger partial charge in [-0.25, -0.2) is 4.98 Å². The van der Waals surface area contributed by atoms with Crippen LogP contribution in [0.1, 0.15) is 16.1 Å². The van der Waals surface area contributed by atoms with Crippen molar-refractivity contribution in [1.82, 2.24) is 9.38 Å². The predicted octanol–water partition coefficient (Wildman–Crippen LogP) is 4.07. The molecular formula is C20H16N4O5. The summed E-state index contributed by atoms with van der Waals surface area (Å²) in [6.07, 6.45) is 3.81. The van der Waals surface area contributed by atoms with Gasteiger partial charge in [-0.2, -0.15) is 0 Å². The van der Waals surface area contributed by atoms with E-state index >= 15 is 0 Å². The predicted molar refractivity (Wildman–Crippen MR) is 105 cm³/mol. The molecule has 29 heavy (non-hydrogen) atoms. The Hall–Kier alpha value is -4.14. The van der Waals surface area contributed by atoms with Crippen molar-refractivity contribution in [2.75, 3.05) is 12.4 Å². The molecular weight excluding hydrogens is 376 g/mol. The SMILES string of the molecule is COc1ccc(-c2cn3cccc(C)c3n2)cc1NC(=O)c1ccc([N+](=O)[O-])o1. The smallest absolute Gasteiger partial charge is 0.433 e. The minimum absolute atomic E-state index is 0.174. The molecule has 0 aliphatic carbocycles. The minimum Gasteiger partial charge on any atom is -0.495 e. The number of carbonyl (C=O) groups excluding carboxylic acids is 1. The lowest BCUT2D eigenvalue weighted by atomic mass is 10.1. The number of aryl methyl sites for hydroxylation is 1. The number of carbonyl (C=O) groups is 1. The summed E-state index contributed by atoms with van der Waals surface area (Å²) in [6, 6.07) is 11.6. The quantitative estimate of drug-likeness (QED) is 0.405. The van der Waals surface area contributed by atoms with E-state index in [-0.39, 0.29) is 5.76 Å². The maximum atomic E-state index is 12.4. The average Bonchev–Trinajstić information content (AvgIpc) is 3.36. The number of hydrogen-bond acceptors (Lipinski definition) is 6. The number of aromatic nitrogens is 2. The molecule has 0 saturated heterocycles. The van der Waals surface area contributed by atoms with Gasteiger partial charge in [0.05, 0.1) is 24.6 Å². The second kappa shape index (κ2) is 7.12. The van der Waals surface area contributed by atoms with Gasteiger partial charge in [-0.15, -0.1) is 0 Å². The largest absolute Gasteiger partial charge is 0.495 e. The molecule has 1 aromatic carbocycles.